The Balaban J connectivity index is 2.28. The zero-order valence-electron chi connectivity index (χ0n) is 10.7. The van der Waals surface area contributed by atoms with E-state index in [1.807, 2.05) is 0 Å². The lowest BCUT2D eigenvalue weighted by Gasteiger charge is -2.13. The molecule has 0 bridgehead atoms. The number of aromatic nitrogens is 1. The summed E-state index contributed by atoms with van der Waals surface area (Å²) in [6.07, 6.45) is 3.33. The van der Waals surface area contributed by atoms with Crippen molar-refractivity contribution < 1.29 is 4.74 Å². The van der Waals surface area contributed by atoms with Crippen LogP contribution in [0.15, 0.2) is 18.3 Å². The van der Waals surface area contributed by atoms with E-state index < -0.39 is 0 Å². The molecule has 0 radical (unpaired) electrons. The molecule has 3 heteroatoms. The van der Waals surface area contributed by atoms with Gasteiger partial charge in [0.1, 0.15) is 0 Å². The minimum atomic E-state index is 0.569. The quantitative estimate of drug-likeness (QED) is 0.733. The average molecular weight is 224 g/mol. The van der Waals surface area contributed by atoms with Crippen LogP contribution in [0.4, 0.5) is 0 Å². The maximum absolute atomic E-state index is 5.11. The molecule has 1 aromatic heterocycles. The van der Waals surface area contributed by atoms with E-state index >= 15 is 0 Å². The van der Waals surface area contributed by atoms with Gasteiger partial charge in [0, 0.05) is 45.2 Å². The number of hydrogen-bond donors (Lipinski definition) is 1. The van der Waals surface area contributed by atoms with Crippen molar-refractivity contribution in [1.29, 1.82) is 0 Å². The van der Waals surface area contributed by atoms with Crippen molar-refractivity contribution in [3.63, 3.8) is 0 Å². The molecule has 0 aromatic carbocycles. The van der Waals surface area contributed by atoms with Crippen molar-refractivity contribution in [2.45, 2.75) is 33.4 Å². The number of nitrogens with one attached hydrogen (secondary N) is 1. The molecule has 16 heavy (non-hydrogen) atoms. The molecule has 0 saturated heterocycles. The molecule has 1 atom stereocenters. The first-order chi connectivity index (χ1) is 7.77. The third-order valence-corrected chi connectivity index (χ3v) is 2.64. The van der Waals surface area contributed by atoms with Crippen LogP contribution in [0, 0.1) is 5.92 Å². The van der Waals surface area contributed by atoms with Crippen LogP contribution in [-0.2, 0) is 17.8 Å². The number of nitrogens with zero attached hydrogens (tertiary/aromatic N) is 1. The van der Waals surface area contributed by atoms with Crippen molar-refractivity contribution in [3.8, 4) is 0 Å². The van der Waals surface area contributed by atoms with Crippen molar-refractivity contribution in [2.75, 3.05) is 20.3 Å². The largest absolute Gasteiger partial charge is 0.384 e. The third kappa shape index (κ3) is 4.37. The standard InChI is InChI=1S/C13H24N2O/c1-4-7-15-8-5-6-13(15)10-14-9-12(2)11-16-3/h5-6,8,12,14H,4,7,9-11H2,1-3H3. The van der Waals surface area contributed by atoms with E-state index in [1.165, 1.54) is 12.1 Å². The van der Waals surface area contributed by atoms with E-state index in [-0.39, 0.29) is 0 Å². The molecule has 1 rings (SSSR count). The van der Waals surface area contributed by atoms with Crippen LogP contribution in [0.1, 0.15) is 26.0 Å². The van der Waals surface area contributed by atoms with Crippen molar-refractivity contribution >= 4 is 0 Å². The summed E-state index contributed by atoms with van der Waals surface area (Å²) < 4.78 is 7.42. The fourth-order valence-electron chi connectivity index (χ4n) is 1.86. The zero-order chi connectivity index (χ0) is 11.8. The highest BCUT2D eigenvalue weighted by Crippen LogP contribution is 2.03. The van der Waals surface area contributed by atoms with Gasteiger partial charge >= 0.3 is 0 Å². The predicted octanol–water partition coefficient (Wildman–Crippen LogP) is 2.27. The minimum Gasteiger partial charge on any atom is -0.384 e. The second-order valence-electron chi connectivity index (χ2n) is 4.38. The van der Waals surface area contributed by atoms with E-state index in [0.29, 0.717) is 5.92 Å². The summed E-state index contributed by atoms with van der Waals surface area (Å²) in [5.41, 5.74) is 1.37. The summed E-state index contributed by atoms with van der Waals surface area (Å²) in [7, 11) is 1.75. The summed E-state index contributed by atoms with van der Waals surface area (Å²) in [6.45, 7) is 8.28. The molecule has 0 aliphatic carbocycles. The van der Waals surface area contributed by atoms with Crippen LogP contribution >= 0.6 is 0 Å². The molecule has 92 valence electrons. The van der Waals surface area contributed by atoms with E-state index in [0.717, 1.165) is 26.2 Å². The minimum absolute atomic E-state index is 0.569. The molecule has 0 aliphatic rings. The topological polar surface area (TPSA) is 26.2 Å². The van der Waals surface area contributed by atoms with Gasteiger partial charge < -0.3 is 14.6 Å². The van der Waals surface area contributed by atoms with E-state index in [1.54, 1.807) is 7.11 Å². The van der Waals surface area contributed by atoms with Crippen molar-refractivity contribution in [1.82, 2.24) is 9.88 Å². The van der Waals surface area contributed by atoms with Gasteiger partial charge in [0.15, 0.2) is 0 Å². The lowest BCUT2D eigenvalue weighted by Crippen LogP contribution is -2.24. The molecule has 0 fully saturated rings. The molecule has 0 aliphatic heterocycles. The summed E-state index contributed by atoms with van der Waals surface area (Å²) in [6, 6.07) is 4.30. The second kappa shape index (κ2) is 7.47. The number of rotatable bonds is 8. The Kier molecular flexibility index (Phi) is 6.19. The average Bonchev–Trinajstić information content (AvgIpc) is 2.67. The summed E-state index contributed by atoms with van der Waals surface area (Å²) in [5, 5.41) is 3.47. The summed E-state index contributed by atoms with van der Waals surface area (Å²) >= 11 is 0. The Morgan fingerprint density at radius 2 is 2.31 bits per heavy atom. The maximum atomic E-state index is 5.11. The maximum Gasteiger partial charge on any atom is 0.0499 e. The Morgan fingerprint density at radius 3 is 3.00 bits per heavy atom. The van der Waals surface area contributed by atoms with Gasteiger partial charge in [-0.15, -0.1) is 0 Å². The monoisotopic (exact) mass is 224 g/mol. The Bertz CT molecular complexity index is 283. The van der Waals surface area contributed by atoms with Gasteiger partial charge in [-0.25, -0.2) is 0 Å². The van der Waals surface area contributed by atoms with Gasteiger partial charge in [-0.05, 0) is 24.5 Å². The first-order valence-electron chi connectivity index (χ1n) is 6.11. The van der Waals surface area contributed by atoms with Crippen molar-refractivity contribution in [3.05, 3.63) is 24.0 Å². The smallest absolute Gasteiger partial charge is 0.0499 e. The molecule has 1 unspecified atom stereocenters. The SMILES string of the molecule is CCCn1cccc1CNCC(C)COC. The first-order valence-corrected chi connectivity index (χ1v) is 6.11. The van der Waals surface area contributed by atoms with Crippen LogP contribution < -0.4 is 5.32 Å². The van der Waals surface area contributed by atoms with E-state index in [2.05, 4.69) is 42.1 Å². The van der Waals surface area contributed by atoms with Crippen LogP contribution in [0.3, 0.4) is 0 Å². The molecule has 0 saturated carbocycles. The molecule has 0 amide bonds. The molecular weight excluding hydrogens is 200 g/mol. The van der Waals surface area contributed by atoms with Crippen LogP contribution in [-0.4, -0.2) is 24.8 Å². The summed E-state index contributed by atoms with van der Waals surface area (Å²) in [5.74, 6) is 0.569. The fourth-order valence-corrected chi connectivity index (χ4v) is 1.86. The van der Waals surface area contributed by atoms with Gasteiger partial charge in [-0.1, -0.05) is 13.8 Å². The predicted molar refractivity (Wildman–Crippen MR) is 67.5 cm³/mol. The van der Waals surface area contributed by atoms with Gasteiger partial charge in [0.05, 0.1) is 0 Å². The number of methoxy groups -OCH3 is 1. The van der Waals surface area contributed by atoms with E-state index in [9.17, 15) is 0 Å². The highest BCUT2D eigenvalue weighted by atomic mass is 16.5. The highest BCUT2D eigenvalue weighted by Gasteiger charge is 2.02. The number of ether oxygens (including phenoxy) is 1. The van der Waals surface area contributed by atoms with Gasteiger partial charge in [0.25, 0.3) is 0 Å². The number of aryl methyl sites for hydroxylation is 1. The lowest BCUT2D eigenvalue weighted by atomic mass is 10.2. The molecule has 1 N–H and O–H groups in total. The fraction of sp³-hybridized carbons (Fsp3) is 0.692. The lowest BCUT2D eigenvalue weighted by molar-refractivity contribution is 0.158. The van der Waals surface area contributed by atoms with E-state index in [4.69, 9.17) is 4.74 Å². The molecular formula is C13H24N2O. The molecule has 1 aromatic rings. The first kappa shape index (κ1) is 13.3. The molecule has 1 heterocycles. The molecule has 0 spiro atoms. The zero-order valence-corrected chi connectivity index (χ0v) is 10.7. The highest BCUT2D eigenvalue weighted by molar-refractivity contribution is 5.06. The second-order valence-corrected chi connectivity index (χ2v) is 4.38. The van der Waals surface area contributed by atoms with Gasteiger partial charge in [0.2, 0.25) is 0 Å². The van der Waals surface area contributed by atoms with Gasteiger partial charge in [-0.3, -0.25) is 0 Å². The molecule has 3 nitrogen and oxygen atoms in total. The van der Waals surface area contributed by atoms with Crippen LogP contribution in [0.2, 0.25) is 0 Å². The normalized spacial score (nSPS) is 12.9. The Hall–Kier alpha value is -0.800. The van der Waals surface area contributed by atoms with Crippen molar-refractivity contribution in [2.24, 2.45) is 5.92 Å². The van der Waals surface area contributed by atoms with Crippen LogP contribution in [0.5, 0.6) is 0 Å². The Labute approximate surface area is 98.8 Å². The van der Waals surface area contributed by atoms with Gasteiger partial charge in [-0.2, -0.15) is 0 Å². The third-order valence-electron chi connectivity index (χ3n) is 2.64. The number of hydrogen-bond acceptors (Lipinski definition) is 2. The Morgan fingerprint density at radius 1 is 1.50 bits per heavy atom. The summed E-state index contributed by atoms with van der Waals surface area (Å²) in [4.78, 5) is 0. The van der Waals surface area contributed by atoms with Crippen LogP contribution in [0.25, 0.3) is 0 Å².